The minimum absolute atomic E-state index is 0.0610. The summed E-state index contributed by atoms with van der Waals surface area (Å²) >= 11 is 2.46. The second-order valence-corrected chi connectivity index (χ2v) is 8.11. The number of carbonyl (C=O) groups excluding carboxylic acids is 2. The van der Waals surface area contributed by atoms with E-state index >= 15 is 0 Å². The first-order valence-corrected chi connectivity index (χ1v) is 11.3. The lowest BCUT2D eigenvalue weighted by atomic mass is 10.1. The Morgan fingerprint density at radius 2 is 2.07 bits per heavy atom. The van der Waals surface area contributed by atoms with E-state index in [2.05, 4.69) is 10.3 Å². The lowest BCUT2D eigenvalue weighted by molar-refractivity contribution is -0.143. The van der Waals surface area contributed by atoms with Gasteiger partial charge in [-0.15, -0.1) is 11.3 Å². The smallest absolute Gasteiger partial charge is 0.305 e. The molecule has 1 amide bonds. The molecular weight excluding hydrogens is 424 g/mol. The molecule has 10 heteroatoms. The SMILES string of the molecule is CCOC(=O)CCCNC(=O)CSc1nc2scc(-c3ccccc3)c2c(=O)n1N. The summed E-state index contributed by atoms with van der Waals surface area (Å²) in [6.07, 6.45) is 0.752. The van der Waals surface area contributed by atoms with Crippen LogP contribution in [0.5, 0.6) is 0 Å². The van der Waals surface area contributed by atoms with Crippen LogP contribution in [-0.4, -0.2) is 40.4 Å². The van der Waals surface area contributed by atoms with Gasteiger partial charge < -0.3 is 15.9 Å². The molecule has 0 aliphatic carbocycles. The summed E-state index contributed by atoms with van der Waals surface area (Å²) in [6, 6.07) is 9.58. The summed E-state index contributed by atoms with van der Waals surface area (Å²) in [5, 5.41) is 5.36. The third-order valence-electron chi connectivity index (χ3n) is 4.21. The molecule has 2 aromatic heterocycles. The summed E-state index contributed by atoms with van der Waals surface area (Å²) in [5.41, 5.74) is 1.37. The molecule has 3 N–H and O–H groups in total. The highest BCUT2D eigenvalue weighted by molar-refractivity contribution is 7.99. The monoisotopic (exact) mass is 446 g/mol. The average Bonchev–Trinajstić information content (AvgIpc) is 3.17. The molecule has 0 saturated heterocycles. The van der Waals surface area contributed by atoms with Crippen LogP contribution in [0, 0.1) is 0 Å². The maximum Gasteiger partial charge on any atom is 0.305 e. The van der Waals surface area contributed by atoms with Crippen LogP contribution < -0.4 is 16.7 Å². The third kappa shape index (κ3) is 5.19. The molecule has 0 fully saturated rings. The van der Waals surface area contributed by atoms with Crippen molar-refractivity contribution in [2.24, 2.45) is 0 Å². The van der Waals surface area contributed by atoms with E-state index < -0.39 is 0 Å². The number of esters is 1. The number of carbonyl (C=O) groups is 2. The normalized spacial score (nSPS) is 10.8. The van der Waals surface area contributed by atoms with Crippen molar-refractivity contribution in [3.63, 3.8) is 0 Å². The molecule has 0 bridgehead atoms. The molecule has 0 saturated carbocycles. The Hall–Kier alpha value is -2.85. The molecule has 1 aromatic carbocycles. The molecule has 3 aromatic rings. The lowest BCUT2D eigenvalue weighted by Crippen LogP contribution is -2.31. The van der Waals surface area contributed by atoms with Gasteiger partial charge in [-0.05, 0) is 18.9 Å². The number of hydrogen-bond donors (Lipinski definition) is 2. The first-order valence-electron chi connectivity index (χ1n) is 9.41. The molecule has 2 heterocycles. The summed E-state index contributed by atoms with van der Waals surface area (Å²) in [5.74, 6) is 5.52. The van der Waals surface area contributed by atoms with Gasteiger partial charge in [0.2, 0.25) is 5.91 Å². The Kier molecular flexibility index (Phi) is 7.47. The zero-order valence-electron chi connectivity index (χ0n) is 16.4. The minimum atomic E-state index is -0.350. The topological polar surface area (TPSA) is 116 Å². The van der Waals surface area contributed by atoms with Gasteiger partial charge in [0.1, 0.15) is 4.83 Å². The quantitative estimate of drug-likeness (QED) is 0.170. The first-order chi connectivity index (χ1) is 14.5. The maximum absolute atomic E-state index is 12.8. The molecule has 158 valence electrons. The van der Waals surface area contributed by atoms with E-state index in [4.69, 9.17) is 10.6 Å². The van der Waals surface area contributed by atoms with Crippen LogP contribution in [0.4, 0.5) is 0 Å². The van der Waals surface area contributed by atoms with Crippen molar-refractivity contribution in [3.05, 3.63) is 46.1 Å². The van der Waals surface area contributed by atoms with Crippen molar-refractivity contribution in [2.45, 2.75) is 24.9 Å². The number of thiophene rings is 1. The van der Waals surface area contributed by atoms with E-state index in [1.807, 2.05) is 35.7 Å². The van der Waals surface area contributed by atoms with Crippen molar-refractivity contribution in [2.75, 3.05) is 24.7 Å². The number of ether oxygens (including phenoxy) is 1. The van der Waals surface area contributed by atoms with Gasteiger partial charge in [-0.2, -0.15) is 0 Å². The number of nitrogen functional groups attached to an aromatic ring is 1. The molecule has 3 rings (SSSR count). The van der Waals surface area contributed by atoms with Crippen LogP contribution in [0.3, 0.4) is 0 Å². The van der Waals surface area contributed by atoms with Crippen LogP contribution in [0.1, 0.15) is 19.8 Å². The van der Waals surface area contributed by atoms with Crippen LogP contribution in [0.2, 0.25) is 0 Å². The second-order valence-electron chi connectivity index (χ2n) is 6.31. The Morgan fingerprint density at radius 3 is 2.80 bits per heavy atom. The van der Waals surface area contributed by atoms with E-state index in [1.54, 1.807) is 6.92 Å². The number of nitrogens with two attached hydrogens (primary N) is 1. The number of nitrogens with zero attached hydrogens (tertiary/aromatic N) is 2. The van der Waals surface area contributed by atoms with Crippen molar-refractivity contribution in [3.8, 4) is 11.1 Å². The fraction of sp³-hybridized carbons (Fsp3) is 0.300. The van der Waals surface area contributed by atoms with Gasteiger partial charge in [0, 0.05) is 23.9 Å². The Balaban J connectivity index is 1.63. The van der Waals surface area contributed by atoms with Crippen molar-refractivity contribution in [1.82, 2.24) is 15.0 Å². The van der Waals surface area contributed by atoms with E-state index in [0.717, 1.165) is 27.6 Å². The molecule has 0 atom stereocenters. The zero-order chi connectivity index (χ0) is 21.5. The van der Waals surface area contributed by atoms with E-state index in [9.17, 15) is 14.4 Å². The highest BCUT2D eigenvalue weighted by Crippen LogP contribution is 2.31. The van der Waals surface area contributed by atoms with Gasteiger partial charge in [0.15, 0.2) is 5.16 Å². The number of hydrogen-bond acceptors (Lipinski definition) is 8. The molecule has 30 heavy (non-hydrogen) atoms. The second kappa shape index (κ2) is 10.3. The van der Waals surface area contributed by atoms with Crippen LogP contribution >= 0.6 is 23.1 Å². The fourth-order valence-electron chi connectivity index (χ4n) is 2.79. The van der Waals surface area contributed by atoms with Gasteiger partial charge in [-0.3, -0.25) is 14.4 Å². The highest BCUT2D eigenvalue weighted by Gasteiger charge is 2.17. The molecule has 8 nitrogen and oxygen atoms in total. The highest BCUT2D eigenvalue weighted by atomic mass is 32.2. The summed E-state index contributed by atoms with van der Waals surface area (Å²) < 4.78 is 5.82. The molecular formula is C20H22N4O4S2. The minimum Gasteiger partial charge on any atom is -0.466 e. The van der Waals surface area contributed by atoms with Crippen molar-refractivity contribution >= 4 is 45.2 Å². The third-order valence-corrected chi connectivity index (χ3v) is 6.03. The fourth-order valence-corrected chi connectivity index (χ4v) is 4.53. The molecule has 0 radical (unpaired) electrons. The number of benzene rings is 1. The predicted molar refractivity (Wildman–Crippen MR) is 119 cm³/mol. The van der Waals surface area contributed by atoms with Gasteiger partial charge in [0.05, 0.1) is 17.7 Å². The van der Waals surface area contributed by atoms with E-state index in [-0.39, 0.29) is 34.8 Å². The largest absolute Gasteiger partial charge is 0.466 e. The Labute approximate surface area is 181 Å². The summed E-state index contributed by atoms with van der Waals surface area (Å²) in [6.45, 7) is 2.46. The van der Waals surface area contributed by atoms with E-state index in [0.29, 0.717) is 29.8 Å². The van der Waals surface area contributed by atoms with Gasteiger partial charge in [-0.1, -0.05) is 42.1 Å². The standard InChI is InChI=1S/C20H22N4O4S2/c1-2-28-16(26)9-6-10-22-15(25)12-30-20-23-18-17(19(27)24(20)21)14(11-29-18)13-7-4-3-5-8-13/h3-5,7-8,11H,2,6,9-10,12,21H2,1H3,(H,22,25). The Bertz CT molecular complexity index is 1100. The molecule has 0 aliphatic rings. The number of fused-ring (bicyclic) bond motifs is 1. The number of nitrogens with one attached hydrogen (secondary N) is 1. The number of thioether (sulfide) groups is 1. The van der Waals surface area contributed by atoms with Gasteiger partial charge in [-0.25, -0.2) is 9.66 Å². The number of rotatable bonds is 9. The van der Waals surface area contributed by atoms with Gasteiger partial charge >= 0.3 is 5.97 Å². The van der Waals surface area contributed by atoms with E-state index in [1.165, 1.54) is 11.3 Å². The van der Waals surface area contributed by atoms with Crippen LogP contribution in [-0.2, 0) is 14.3 Å². The van der Waals surface area contributed by atoms with Crippen molar-refractivity contribution in [1.29, 1.82) is 0 Å². The average molecular weight is 447 g/mol. The number of amides is 1. The molecule has 0 spiro atoms. The summed E-state index contributed by atoms with van der Waals surface area (Å²) in [4.78, 5) is 41.2. The van der Waals surface area contributed by atoms with Crippen LogP contribution in [0.25, 0.3) is 21.3 Å². The Morgan fingerprint density at radius 1 is 1.30 bits per heavy atom. The summed E-state index contributed by atoms with van der Waals surface area (Å²) in [7, 11) is 0. The first kappa shape index (κ1) is 21.8. The maximum atomic E-state index is 12.8. The van der Waals surface area contributed by atoms with Crippen LogP contribution in [0.15, 0.2) is 45.7 Å². The number of aromatic nitrogens is 2. The predicted octanol–water partition coefficient (Wildman–Crippen LogP) is 2.39. The lowest BCUT2D eigenvalue weighted by Gasteiger charge is -2.08. The molecule has 0 unspecified atom stereocenters. The molecule has 0 aliphatic heterocycles. The van der Waals surface area contributed by atoms with Gasteiger partial charge in [0.25, 0.3) is 5.56 Å². The van der Waals surface area contributed by atoms with Crippen molar-refractivity contribution < 1.29 is 14.3 Å². The zero-order valence-corrected chi connectivity index (χ0v) is 18.1.